The fourth-order valence-electron chi connectivity index (χ4n) is 3.45. The minimum Gasteiger partial charge on any atom is -0.206 e. The van der Waals surface area contributed by atoms with Crippen molar-refractivity contribution in [2.24, 2.45) is 0 Å². The normalized spacial score (nSPS) is 12.2. The molecule has 0 aliphatic heterocycles. The average molecular weight is 346 g/mol. The summed E-state index contributed by atoms with van der Waals surface area (Å²) in [6.45, 7) is 6.59. The lowest BCUT2D eigenvalue weighted by molar-refractivity contribution is 0.632. The van der Waals surface area contributed by atoms with E-state index >= 15 is 0 Å². The van der Waals surface area contributed by atoms with Crippen molar-refractivity contribution >= 4 is 0 Å². The highest BCUT2D eigenvalue weighted by molar-refractivity contribution is 5.71. The predicted octanol–water partition coefficient (Wildman–Crippen LogP) is 7.63. The number of aryl methyl sites for hydroxylation is 1. The minimum absolute atomic E-state index is 0.170. The standard InChI is InChI=1S/C25H27F/c1-4-6-18(3)20-11-13-22(14-12-20)24-16-15-23(17-25(24)26)21-9-7-19(5-2)8-10-21/h7-18H,4-6H2,1-3H3. The summed E-state index contributed by atoms with van der Waals surface area (Å²) >= 11 is 0. The van der Waals surface area contributed by atoms with Gasteiger partial charge in [0.25, 0.3) is 0 Å². The first kappa shape index (κ1) is 18.4. The van der Waals surface area contributed by atoms with E-state index in [0.29, 0.717) is 11.5 Å². The van der Waals surface area contributed by atoms with Gasteiger partial charge in [-0.15, -0.1) is 0 Å². The second-order valence-electron chi connectivity index (χ2n) is 7.06. The zero-order valence-corrected chi connectivity index (χ0v) is 15.9. The van der Waals surface area contributed by atoms with Crippen LogP contribution in [0.1, 0.15) is 50.7 Å². The number of hydrogen-bond donors (Lipinski definition) is 0. The number of halogens is 1. The summed E-state index contributed by atoms with van der Waals surface area (Å²) in [7, 11) is 0. The molecule has 0 radical (unpaired) electrons. The molecule has 0 spiro atoms. The molecule has 26 heavy (non-hydrogen) atoms. The van der Waals surface area contributed by atoms with Crippen LogP contribution in [0.3, 0.4) is 0 Å². The van der Waals surface area contributed by atoms with Crippen LogP contribution in [0.5, 0.6) is 0 Å². The Bertz CT molecular complexity index is 844. The summed E-state index contributed by atoms with van der Waals surface area (Å²) in [5.74, 6) is 0.379. The Morgan fingerprint density at radius 3 is 1.96 bits per heavy atom. The van der Waals surface area contributed by atoms with Crippen LogP contribution in [0, 0.1) is 5.82 Å². The van der Waals surface area contributed by atoms with Crippen molar-refractivity contribution in [2.45, 2.75) is 46.0 Å². The average Bonchev–Trinajstić information content (AvgIpc) is 2.68. The number of benzene rings is 3. The van der Waals surface area contributed by atoms with Gasteiger partial charge in [0.1, 0.15) is 5.82 Å². The zero-order valence-electron chi connectivity index (χ0n) is 15.9. The quantitative estimate of drug-likeness (QED) is 0.430. The van der Waals surface area contributed by atoms with Gasteiger partial charge in [0, 0.05) is 5.56 Å². The maximum atomic E-state index is 14.7. The second kappa shape index (κ2) is 8.31. The first-order chi connectivity index (χ1) is 12.6. The summed E-state index contributed by atoms with van der Waals surface area (Å²) in [6, 6.07) is 22.2. The molecule has 3 aromatic rings. The number of hydrogen-bond acceptors (Lipinski definition) is 0. The van der Waals surface area contributed by atoms with Crippen LogP contribution in [0.4, 0.5) is 4.39 Å². The fourth-order valence-corrected chi connectivity index (χ4v) is 3.45. The highest BCUT2D eigenvalue weighted by Crippen LogP contribution is 2.30. The molecule has 3 aromatic carbocycles. The molecule has 1 heteroatoms. The highest BCUT2D eigenvalue weighted by Gasteiger charge is 2.09. The Morgan fingerprint density at radius 2 is 1.38 bits per heavy atom. The summed E-state index contributed by atoms with van der Waals surface area (Å²) in [5, 5.41) is 0. The van der Waals surface area contributed by atoms with Crippen molar-refractivity contribution in [3.63, 3.8) is 0 Å². The molecule has 0 saturated carbocycles. The third kappa shape index (κ3) is 4.04. The van der Waals surface area contributed by atoms with Crippen molar-refractivity contribution < 1.29 is 4.39 Å². The fraction of sp³-hybridized carbons (Fsp3) is 0.280. The Balaban J connectivity index is 1.85. The lowest BCUT2D eigenvalue weighted by atomic mass is 9.93. The Kier molecular flexibility index (Phi) is 5.88. The van der Waals surface area contributed by atoms with Crippen LogP contribution in [-0.2, 0) is 6.42 Å². The molecule has 0 aliphatic rings. The SMILES string of the molecule is CCCC(C)c1ccc(-c2ccc(-c3ccc(CC)cc3)cc2F)cc1. The molecule has 0 heterocycles. The molecule has 0 nitrogen and oxygen atoms in total. The third-order valence-corrected chi connectivity index (χ3v) is 5.18. The molecule has 0 bridgehead atoms. The van der Waals surface area contributed by atoms with E-state index in [1.165, 1.54) is 24.0 Å². The minimum atomic E-state index is -0.170. The van der Waals surface area contributed by atoms with Gasteiger partial charge in [0.15, 0.2) is 0 Å². The molecule has 1 atom stereocenters. The van der Waals surface area contributed by atoms with Crippen LogP contribution in [-0.4, -0.2) is 0 Å². The molecule has 0 aliphatic carbocycles. The van der Waals surface area contributed by atoms with E-state index in [0.717, 1.165) is 23.1 Å². The predicted molar refractivity (Wildman–Crippen MR) is 110 cm³/mol. The molecule has 3 rings (SSSR count). The van der Waals surface area contributed by atoms with E-state index in [-0.39, 0.29) is 5.82 Å². The smallest absolute Gasteiger partial charge is 0.131 e. The van der Waals surface area contributed by atoms with Gasteiger partial charge in [0.05, 0.1) is 0 Å². The summed E-state index contributed by atoms with van der Waals surface area (Å²) in [6.07, 6.45) is 3.37. The Morgan fingerprint density at radius 1 is 0.769 bits per heavy atom. The van der Waals surface area contributed by atoms with E-state index < -0.39 is 0 Å². The highest BCUT2D eigenvalue weighted by atomic mass is 19.1. The van der Waals surface area contributed by atoms with E-state index in [1.807, 2.05) is 24.3 Å². The van der Waals surface area contributed by atoms with Crippen LogP contribution >= 0.6 is 0 Å². The third-order valence-electron chi connectivity index (χ3n) is 5.18. The van der Waals surface area contributed by atoms with E-state index in [9.17, 15) is 4.39 Å². The summed E-state index contributed by atoms with van der Waals surface area (Å²) < 4.78 is 14.7. The molecule has 0 saturated heterocycles. The molecule has 0 N–H and O–H groups in total. The van der Waals surface area contributed by atoms with E-state index in [1.54, 1.807) is 6.07 Å². The lowest BCUT2D eigenvalue weighted by Gasteiger charge is -2.12. The van der Waals surface area contributed by atoms with Gasteiger partial charge in [-0.3, -0.25) is 0 Å². The first-order valence-corrected chi connectivity index (χ1v) is 9.61. The largest absolute Gasteiger partial charge is 0.206 e. The van der Waals surface area contributed by atoms with Gasteiger partial charge in [-0.2, -0.15) is 0 Å². The Hall–Kier alpha value is -2.41. The maximum absolute atomic E-state index is 14.7. The van der Waals surface area contributed by atoms with E-state index in [4.69, 9.17) is 0 Å². The van der Waals surface area contributed by atoms with E-state index in [2.05, 4.69) is 57.2 Å². The second-order valence-corrected chi connectivity index (χ2v) is 7.06. The molecule has 134 valence electrons. The molecule has 0 fully saturated rings. The molecular formula is C25H27F. The summed E-state index contributed by atoms with van der Waals surface area (Å²) in [5.41, 5.74) is 6.18. The first-order valence-electron chi connectivity index (χ1n) is 9.61. The van der Waals surface area contributed by atoms with Gasteiger partial charge in [-0.05, 0) is 52.6 Å². The molecule has 0 aromatic heterocycles. The maximum Gasteiger partial charge on any atom is 0.131 e. The molecule has 0 amide bonds. The van der Waals surface area contributed by atoms with Crippen LogP contribution in [0.25, 0.3) is 22.3 Å². The number of rotatable bonds is 6. The topological polar surface area (TPSA) is 0 Å². The van der Waals surface area contributed by atoms with Gasteiger partial charge in [0.2, 0.25) is 0 Å². The van der Waals surface area contributed by atoms with Gasteiger partial charge >= 0.3 is 0 Å². The monoisotopic (exact) mass is 346 g/mol. The molecule has 1 unspecified atom stereocenters. The van der Waals surface area contributed by atoms with Gasteiger partial charge in [-0.25, -0.2) is 4.39 Å². The van der Waals surface area contributed by atoms with Gasteiger partial charge < -0.3 is 0 Å². The van der Waals surface area contributed by atoms with Crippen molar-refractivity contribution in [2.75, 3.05) is 0 Å². The van der Waals surface area contributed by atoms with Crippen molar-refractivity contribution in [1.29, 1.82) is 0 Å². The van der Waals surface area contributed by atoms with Crippen molar-refractivity contribution in [3.05, 3.63) is 83.7 Å². The van der Waals surface area contributed by atoms with Crippen LogP contribution < -0.4 is 0 Å². The van der Waals surface area contributed by atoms with Crippen LogP contribution in [0.15, 0.2) is 66.7 Å². The Labute approximate surface area is 156 Å². The van der Waals surface area contributed by atoms with Crippen molar-refractivity contribution in [1.82, 2.24) is 0 Å². The van der Waals surface area contributed by atoms with Crippen molar-refractivity contribution in [3.8, 4) is 22.3 Å². The zero-order chi connectivity index (χ0) is 18.5. The van der Waals surface area contributed by atoms with Gasteiger partial charge in [-0.1, -0.05) is 87.9 Å². The summed E-state index contributed by atoms with van der Waals surface area (Å²) in [4.78, 5) is 0. The molecular weight excluding hydrogens is 319 g/mol. The van der Waals surface area contributed by atoms with Crippen LogP contribution in [0.2, 0.25) is 0 Å². The lowest BCUT2D eigenvalue weighted by Crippen LogP contribution is -1.93.